The molecule has 4 heteroatoms. The third-order valence-electron chi connectivity index (χ3n) is 3.39. The van der Waals surface area contributed by atoms with Crippen molar-refractivity contribution in [3.05, 3.63) is 60.2 Å². The predicted octanol–water partition coefficient (Wildman–Crippen LogP) is 3.64. The molecule has 0 aliphatic heterocycles. The maximum atomic E-state index is 5.99. The van der Waals surface area contributed by atoms with E-state index in [2.05, 4.69) is 18.8 Å². The molecule has 0 atom stereocenters. The van der Waals surface area contributed by atoms with Crippen molar-refractivity contribution >= 4 is 5.96 Å². The molecule has 0 aromatic heterocycles. The minimum atomic E-state index is 0.550. The molecule has 22 heavy (non-hydrogen) atoms. The van der Waals surface area contributed by atoms with E-state index in [1.54, 1.807) is 0 Å². The van der Waals surface area contributed by atoms with Gasteiger partial charge in [0.2, 0.25) is 0 Å². The van der Waals surface area contributed by atoms with Crippen LogP contribution in [0.15, 0.2) is 59.6 Å². The second-order valence-corrected chi connectivity index (χ2v) is 4.91. The van der Waals surface area contributed by atoms with Crippen LogP contribution in [0.4, 0.5) is 0 Å². The van der Waals surface area contributed by atoms with Crippen molar-refractivity contribution in [2.45, 2.75) is 20.4 Å². The number of para-hydroxylation sites is 1. The second kappa shape index (κ2) is 8.08. The third-order valence-corrected chi connectivity index (χ3v) is 3.39. The molecule has 2 N–H and O–H groups in total. The molecule has 0 bridgehead atoms. The van der Waals surface area contributed by atoms with Gasteiger partial charge < -0.3 is 15.4 Å². The highest BCUT2D eigenvalue weighted by molar-refractivity contribution is 5.78. The van der Waals surface area contributed by atoms with Crippen molar-refractivity contribution in [2.24, 2.45) is 10.7 Å². The number of nitrogens with zero attached hydrogens (tertiary/aromatic N) is 2. The Morgan fingerprint density at radius 3 is 2.36 bits per heavy atom. The Kier molecular flexibility index (Phi) is 5.83. The molecule has 4 nitrogen and oxygen atoms in total. The van der Waals surface area contributed by atoms with Gasteiger partial charge in [-0.3, -0.25) is 0 Å². The second-order valence-electron chi connectivity index (χ2n) is 4.91. The van der Waals surface area contributed by atoms with Crippen LogP contribution in [0.1, 0.15) is 19.4 Å². The lowest BCUT2D eigenvalue weighted by atomic mass is 10.2. The first-order valence-corrected chi connectivity index (χ1v) is 7.59. The highest BCUT2D eigenvalue weighted by Gasteiger charge is 2.03. The van der Waals surface area contributed by atoms with Gasteiger partial charge in [-0.05, 0) is 43.7 Å². The zero-order valence-electron chi connectivity index (χ0n) is 13.2. The Morgan fingerprint density at radius 2 is 1.68 bits per heavy atom. The van der Waals surface area contributed by atoms with Crippen LogP contribution in [0.5, 0.6) is 11.5 Å². The molecule has 0 spiro atoms. The molecule has 0 unspecified atom stereocenters. The summed E-state index contributed by atoms with van der Waals surface area (Å²) in [6.45, 7) is 6.42. The van der Waals surface area contributed by atoms with E-state index in [0.717, 1.165) is 30.2 Å². The fraction of sp³-hybridized carbons (Fsp3) is 0.278. The van der Waals surface area contributed by atoms with Crippen LogP contribution >= 0.6 is 0 Å². The molecule has 0 heterocycles. The summed E-state index contributed by atoms with van der Waals surface area (Å²) < 4.78 is 5.83. The van der Waals surface area contributed by atoms with Gasteiger partial charge in [-0.1, -0.05) is 30.3 Å². The van der Waals surface area contributed by atoms with Gasteiger partial charge in [0.25, 0.3) is 0 Å². The number of aliphatic imine (C=N–C) groups is 1. The lowest BCUT2D eigenvalue weighted by Gasteiger charge is -2.19. The number of benzene rings is 2. The van der Waals surface area contributed by atoms with Crippen molar-refractivity contribution in [1.29, 1.82) is 0 Å². The van der Waals surface area contributed by atoms with Crippen LogP contribution in [-0.2, 0) is 6.54 Å². The van der Waals surface area contributed by atoms with Crippen molar-refractivity contribution < 1.29 is 4.74 Å². The van der Waals surface area contributed by atoms with E-state index in [9.17, 15) is 0 Å². The number of ether oxygens (including phenoxy) is 1. The molecule has 0 saturated carbocycles. The Hall–Kier alpha value is -2.49. The topological polar surface area (TPSA) is 50.8 Å². The zero-order chi connectivity index (χ0) is 15.8. The predicted molar refractivity (Wildman–Crippen MR) is 91.2 cm³/mol. The first kappa shape index (κ1) is 15.9. The van der Waals surface area contributed by atoms with Crippen molar-refractivity contribution in [3.63, 3.8) is 0 Å². The Balaban J connectivity index is 2.04. The molecule has 116 valence electrons. The maximum absolute atomic E-state index is 5.99. The van der Waals surface area contributed by atoms with Gasteiger partial charge in [-0.15, -0.1) is 0 Å². The van der Waals surface area contributed by atoms with Crippen molar-refractivity contribution in [2.75, 3.05) is 13.1 Å². The number of nitrogens with two attached hydrogens (primary N) is 1. The number of hydrogen-bond acceptors (Lipinski definition) is 2. The maximum Gasteiger partial charge on any atom is 0.191 e. The molecule has 2 rings (SSSR count). The van der Waals surface area contributed by atoms with Crippen LogP contribution in [0.3, 0.4) is 0 Å². The average molecular weight is 297 g/mol. The van der Waals surface area contributed by atoms with Gasteiger partial charge in [0.05, 0.1) is 6.54 Å². The normalized spacial score (nSPS) is 11.3. The number of hydrogen-bond donors (Lipinski definition) is 1. The summed E-state index contributed by atoms with van der Waals surface area (Å²) in [5, 5.41) is 0. The molecular weight excluding hydrogens is 274 g/mol. The van der Waals surface area contributed by atoms with E-state index in [1.807, 2.05) is 59.5 Å². The highest BCUT2D eigenvalue weighted by Crippen LogP contribution is 2.22. The first-order valence-electron chi connectivity index (χ1n) is 7.59. The van der Waals surface area contributed by atoms with Crippen LogP contribution in [-0.4, -0.2) is 23.9 Å². The summed E-state index contributed by atoms with van der Waals surface area (Å²) in [5.41, 5.74) is 7.07. The van der Waals surface area contributed by atoms with Gasteiger partial charge >= 0.3 is 0 Å². The molecule has 2 aromatic rings. The van der Waals surface area contributed by atoms with E-state index >= 15 is 0 Å². The summed E-state index contributed by atoms with van der Waals surface area (Å²) in [4.78, 5) is 6.48. The van der Waals surface area contributed by atoms with Gasteiger partial charge in [0, 0.05) is 13.1 Å². The number of rotatable bonds is 6. The lowest BCUT2D eigenvalue weighted by Crippen LogP contribution is -2.37. The minimum Gasteiger partial charge on any atom is -0.457 e. The molecule has 0 aliphatic rings. The Bertz CT molecular complexity index is 607. The summed E-state index contributed by atoms with van der Waals surface area (Å²) in [6.07, 6.45) is 0. The fourth-order valence-corrected chi connectivity index (χ4v) is 2.15. The molecule has 0 aliphatic carbocycles. The lowest BCUT2D eigenvalue weighted by molar-refractivity contribution is 0.458. The first-order chi connectivity index (χ1) is 10.7. The van der Waals surface area contributed by atoms with Crippen LogP contribution < -0.4 is 10.5 Å². The largest absolute Gasteiger partial charge is 0.457 e. The molecule has 0 radical (unpaired) electrons. The standard InChI is InChI=1S/C18H23N3O/c1-3-21(4-2)18(19)20-14-15-9-8-12-17(13-15)22-16-10-6-5-7-11-16/h5-13H,3-4,14H2,1-2H3,(H2,19,20). The fourth-order valence-electron chi connectivity index (χ4n) is 2.15. The monoisotopic (exact) mass is 297 g/mol. The molecule has 2 aromatic carbocycles. The quantitative estimate of drug-likeness (QED) is 0.654. The molecule has 0 amide bonds. The summed E-state index contributed by atoms with van der Waals surface area (Å²) in [7, 11) is 0. The van der Waals surface area contributed by atoms with Gasteiger partial charge in [-0.25, -0.2) is 4.99 Å². The number of guanidine groups is 1. The Morgan fingerprint density at radius 1 is 1.00 bits per heavy atom. The molecular formula is C18H23N3O. The average Bonchev–Trinajstić information content (AvgIpc) is 2.55. The molecule has 0 fully saturated rings. The third kappa shape index (κ3) is 4.52. The smallest absolute Gasteiger partial charge is 0.191 e. The van der Waals surface area contributed by atoms with Gasteiger partial charge in [0.1, 0.15) is 11.5 Å². The Labute approximate surface area is 132 Å². The summed E-state index contributed by atoms with van der Waals surface area (Å²) in [5.74, 6) is 2.21. The minimum absolute atomic E-state index is 0.550. The van der Waals surface area contributed by atoms with Crippen molar-refractivity contribution in [3.8, 4) is 11.5 Å². The zero-order valence-corrected chi connectivity index (χ0v) is 13.2. The van der Waals surface area contributed by atoms with E-state index < -0.39 is 0 Å². The van der Waals surface area contributed by atoms with E-state index in [0.29, 0.717) is 12.5 Å². The van der Waals surface area contributed by atoms with E-state index in [1.165, 1.54) is 0 Å². The summed E-state index contributed by atoms with van der Waals surface area (Å²) >= 11 is 0. The van der Waals surface area contributed by atoms with Crippen molar-refractivity contribution in [1.82, 2.24) is 4.90 Å². The summed E-state index contributed by atoms with van der Waals surface area (Å²) in [6, 6.07) is 17.7. The van der Waals surface area contributed by atoms with Gasteiger partial charge in [-0.2, -0.15) is 0 Å². The van der Waals surface area contributed by atoms with Crippen LogP contribution in [0.25, 0.3) is 0 Å². The van der Waals surface area contributed by atoms with E-state index in [4.69, 9.17) is 10.5 Å². The molecule has 0 saturated heterocycles. The SMILES string of the molecule is CCN(CC)C(N)=NCc1cccc(Oc2ccccc2)c1. The highest BCUT2D eigenvalue weighted by atomic mass is 16.5. The van der Waals surface area contributed by atoms with Gasteiger partial charge in [0.15, 0.2) is 5.96 Å². The van der Waals surface area contributed by atoms with E-state index in [-0.39, 0.29) is 0 Å². The van der Waals surface area contributed by atoms with Crippen LogP contribution in [0.2, 0.25) is 0 Å². The van der Waals surface area contributed by atoms with Crippen LogP contribution in [0, 0.1) is 0 Å².